The van der Waals surface area contributed by atoms with Crippen LogP contribution in [0.15, 0.2) is 47.4 Å². The Bertz CT molecular complexity index is 469. The average Bonchev–Trinajstić information content (AvgIpc) is 2.20. The molecule has 0 radical (unpaired) electrons. The number of thiol groups is 1. The third-order valence-electron chi connectivity index (χ3n) is 2.52. The van der Waals surface area contributed by atoms with Crippen molar-refractivity contribution in [1.82, 2.24) is 0 Å². The Balaban J connectivity index is 2.49. The van der Waals surface area contributed by atoms with Crippen LogP contribution in [-0.2, 0) is 0 Å². The number of hydrogen-bond donors (Lipinski definition) is 1. The van der Waals surface area contributed by atoms with Gasteiger partial charge in [-0.05, 0) is 36.6 Å². The van der Waals surface area contributed by atoms with Crippen LogP contribution in [0.3, 0.4) is 0 Å². The highest BCUT2D eigenvalue weighted by Gasteiger charge is 2.01. The maximum Gasteiger partial charge on any atom is 0.0121 e. The first-order chi connectivity index (χ1) is 7.16. The van der Waals surface area contributed by atoms with Gasteiger partial charge in [-0.1, -0.05) is 42.0 Å². The van der Waals surface area contributed by atoms with E-state index >= 15 is 0 Å². The van der Waals surface area contributed by atoms with Gasteiger partial charge in [0.05, 0.1) is 0 Å². The second-order valence-electron chi connectivity index (χ2n) is 3.89. The molecule has 0 atom stereocenters. The van der Waals surface area contributed by atoms with E-state index in [0.29, 0.717) is 0 Å². The molecule has 0 saturated heterocycles. The maximum absolute atomic E-state index is 4.50. The Morgan fingerprint density at radius 1 is 0.800 bits per heavy atom. The molecule has 2 aromatic rings. The molecule has 0 fully saturated rings. The lowest BCUT2D eigenvalue weighted by atomic mass is 10.0. The summed E-state index contributed by atoms with van der Waals surface area (Å²) in [6.45, 7) is 4.18. The number of rotatable bonds is 1. The highest BCUT2D eigenvalue weighted by atomic mass is 32.1. The normalized spacial score (nSPS) is 10.3. The molecule has 0 aliphatic carbocycles. The van der Waals surface area contributed by atoms with Crippen molar-refractivity contribution in [1.29, 1.82) is 0 Å². The van der Waals surface area contributed by atoms with Gasteiger partial charge in [0, 0.05) is 4.90 Å². The Hall–Kier alpha value is -1.21. The van der Waals surface area contributed by atoms with Gasteiger partial charge in [0.1, 0.15) is 0 Å². The zero-order valence-corrected chi connectivity index (χ0v) is 9.88. The molecular formula is C14H14S. The molecule has 1 heteroatoms. The molecular weight excluding hydrogens is 200 g/mol. The van der Waals surface area contributed by atoms with E-state index in [9.17, 15) is 0 Å². The molecule has 0 saturated carbocycles. The summed E-state index contributed by atoms with van der Waals surface area (Å²) in [5.41, 5.74) is 4.96. The monoisotopic (exact) mass is 214 g/mol. The van der Waals surface area contributed by atoms with Crippen molar-refractivity contribution in [3.05, 3.63) is 53.6 Å². The van der Waals surface area contributed by atoms with Crippen LogP contribution in [0.2, 0.25) is 0 Å². The van der Waals surface area contributed by atoms with Crippen molar-refractivity contribution in [3.8, 4) is 11.1 Å². The third-order valence-corrected chi connectivity index (χ3v) is 2.89. The molecule has 0 heterocycles. The minimum absolute atomic E-state index is 1.04. The Kier molecular flexibility index (Phi) is 2.83. The van der Waals surface area contributed by atoms with Gasteiger partial charge in [0.2, 0.25) is 0 Å². The second kappa shape index (κ2) is 4.11. The van der Waals surface area contributed by atoms with Gasteiger partial charge in [-0.25, -0.2) is 0 Å². The minimum Gasteiger partial charge on any atom is -0.143 e. The van der Waals surface area contributed by atoms with Crippen LogP contribution < -0.4 is 0 Å². The molecule has 0 unspecified atom stereocenters. The molecule has 0 nitrogen and oxygen atoms in total. The van der Waals surface area contributed by atoms with E-state index in [2.05, 4.69) is 68.9 Å². The molecule has 2 rings (SSSR count). The molecule has 0 aliphatic heterocycles. The quantitative estimate of drug-likeness (QED) is 0.674. The van der Waals surface area contributed by atoms with Crippen molar-refractivity contribution >= 4 is 12.6 Å². The van der Waals surface area contributed by atoms with Gasteiger partial charge in [0.25, 0.3) is 0 Å². The average molecular weight is 214 g/mol. The molecule has 2 aromatic carbocycles. The predicted molar refractivity (Wildman–Crippen MR) is 68.6 cm³/mol. The highest BCUT2D eigenvalue weighted by molar-refractivity contribution is 7.80. The summed E-state index contributed by atoms with van der Waals surface area (Å²) in [6, 6.07) is 14.9. The van der Waals surface area contributed by atoms with Crippen LogP contribution in [0.25, 0.3) is 11.1 Å². The lowest BCUT2D eigenvalue weighted by molar-refractivity contribution is 1.36. The standard InChI is InChI=1S/C14H14S/c1-10-3-6-12(7-4-10)13-8-5-11(2)9-14(13)15/h3-9,15H,1-2H3. The summed E-state index contributed by atoms with van der Waals surface area (Å²) in [5.74, 6) is 0. The molecule has 15 heavy (non-hydrogen) atoms. The fourth-order valence-electron chi connectivity index (χ4n) is 1.62. The first-order valence-electron chi connectivity index (χ1n) is 5.03. The lowest BCUT2D eigenvalue weighted by Crippen LogP contribution is -1.82. The molecule has 0 N–H and O–H groups in total. The molecule has 0 aromatic heterocycles. The second-order valence-corrected chi connectivity index (χ2v) is 4.37. The van der Waals surface area contributed by atoms with Crippen molar-refractivity contribution in [2.24, 2.45) is 0 Å². The van der Waals surface area contributed by atoms with Gasteiger partial charge in [-0.3, -0.25) is 0 Å². The van der Waals surface area contributed by atoms with Crippen LogP contribution in [0.5, 0.6) is 0 Å². The summed E-state index contributed by atoms with van der Waals surface area (Å²) in [7, 11) is 0. The van der Waals surface area contributed by atoms with E-state index in [4.69, 9.17) is 0 Å². The first-order valence-corrected chi connectivity index (χ1v) is 5.48. The van der Waals surface area contributed by atoms with Crippen molar-refractivity contribution in [3.63, 3.8) is 0 Å². The predicted octanol–water partition coefficient (Wildman–Crippen LogP) is 4.26. The smallest absolute Gasteiger partial charge is 0.0121 e. The largest absolute Gasteiger partial charge is 0.143 e. The number of aryl methyl sites for hydroxylation is 2. The Morgan fingerprint density at radius 2 is 1.40 bits per heavy atom. The van der Waals surface area contributed by atoms with Crippen molar-refractivity contribution < 1.29 is 0 Å². The van der Waals surface area contributed by atoms with E-state index in [0.717, 1.165) is 4.90 Å². The fourth-order valence-corrected chi connectivity index (χ4v) is 2.03. The van der Waals surface area contributed by atoms with Gasteiger partial charge in [-0.15, -0.1) is 12.6 Å². The van der Waals surface area contributed by atoms with Crippen LogP contribution in [0, 0.1) is 13.8 Å². The summed E-state index contributed by atoms with van der Waals surface area (Å²) in [4.78, 5) is 1.04. The van der Waals surface area contributed by atoms with E-state index < -0.39 is 0 Å². The Labute approximate surface area is 96.4 Å². The van der Waals surface area contributed by atoms with Crippen LogP contribution in [0.1, 0.15) is 11.1 Å². The topological polar surface area (TPSA) is 0 Å². The van der Waals surface area contributed by atoms with E-state index in [1.54, 1.807) is 0 Å². The van der Waals surface area contributed by atoms with Crippen molar-refractivity contribution in [2.75, 3.05) is 0 Å². The molecule has 0 spiro atoms. The minimum atomic E-state index is 1.04. The van der Waals surface area contributed by atoms with E-state index in [1.165, 1.54) is 22.3 Å². The lowest BCUT2D eigenvalue weighted by Gasteiger charge is -2.06. The zero-order valence-electron chi connectivity index (χ0n) is 8.99. The number of hydrogen-bond acceptors (Lipinski definition) is 1. The Morgan fingerprint density at radius 3 is 2.00 bits per heavy atom. The third kappa shape index (κ3) is 2.24. The molecule has 0 bridgehead atoms. The van der Waals surface area contributed by atoms with Crippen LogP contribution >= 0.6 is 12.6 Å². The highest BCUT2D eigenvalue weighted by Crippen LogP contribution is 2.27. The molecule has 0 amide bonds. The summed E-state index contributed by atoms with van der Waals surface area (Å²) < 4.78 is 0. The summed E-state index contributed by atoms with van der Waals surface area (Å²) >= 11 is 4.50. The molecule has 76 valence electrons. The maximum atomic E-state index is 4.50. The molecule has 0 aliphatic rings. The van der Waals surface area contributed by atoms with Gasteiger partial charge in [-0.2, -0.15) is 0 Å². The fraction of sp³-hybridized carbons (Fsp3) is 0.143. The zero-order chi connectivity index (χ0) is 10.8. The van der Waals surface area contributed by atoms with Gasteiger partial charge in [0.15, 0.2) is 0 Å². The van der Waals surface area contributed by atoms with Gasteiger partial charge >= 0.3 is 0 Å². The SMILES string of the molecule is Cc1ccc(-c2ccc(C)cc2S)cc1. The first kappa shape index (κ1) is 10.3. The van der Waals surface area contributed by atoms with Gasteiger partial charge < -0.3 is 0 Å². The van der Waals surface area contributed by atoms with E-state index in [-0.39, 0.29) is 0 Å². The van der Waals surface area contributed by atoms with E-state index in [1.807, 2.05) is 0 Å². The van der Waals surface area contributed by atoms with Crippen LogP contribution in [-0.4, -0.2) is 0 Å². The summed E-state index contributed by atoms with van der Waals surface area (Å²) in [5, 5.41) is 0. The summed E-state index contributed by atoms with van der Waals surface area (Å²) in [6.07, 6.45) is 0. The van der Waals surface area contributed by atoms with Crippen LogP contribution in [0.4, 0.5) is 0 Å². The van der Waals surface area contributed by atoms with Crippen molar-refractivity contribution in [2.45, 2.75) is 18.7 Å². The number of benzene rings is 2.